The molecule has 0 spiro atoms. The third-order valence-electron chi connectivity index (χ3n) is 4.05. The number of rotatable bonds is 3. The number of allylic oxidation sites excluding steroid dienone is 2. The van der Waals surface area contributed by atoms with E-state index < -0.39 is 5.97 Å². The molecule has 1 aromatic rings. The van der Waals surface area contributed by atoms with E-state index in [1.807, 2.05) is 13.0 Å². The van der Waals surface area contributed by atoms with Crippen molar-refractivity contribution in [2.24, 2.45) is 0 Å². The lowest BCUT2D eigenvalue weighted by Gasteiger charge is -2.15. The molecule has 0 N–H and O–H groups in total. The van der Waals surface area contributed by atoms with Gasteiger partial charge in [-0.05, 0) is 51.0 Å². The first kappa shape index (κ1) is 15.9. The van der Waals surface area contributed by atoms with Crippen LogP contribution < -0.4 is 9.64 Å². The van der Waals surface area contributed by atoms with Crippen molar-refractivity contribution in [1.82, 2.24) is 0 Å². The van der Waals surface area contributed by atoms with Gasteiger partial charge >= 0.3 is 5.97 Å². The first-order chi connectivity index (χ1) is 11.4. The van der Waals surface area contributed by atoms with Crippen LogP contribution in [0.3, 0.4) is 0 Å². The van der Waals surface area contributed by atoms with Crippen LogP contribution >= 0.6 is 0 Å². The lowest BCUT2D eigenvalue weighted by atomic mass is 9.94. The molecule has 0 radical (unpaired) electrons. The van der Waals surface area contributed by atoms with Gasteiger partial charge < -0.3 is 4.74 Å². The van der Waals surface area contributed by atoms with E-state index in [4.69, 9.17) is 4.74 Å². The van der Waals surface area contributed by atoms with Crippen LogP contribution in [0.1, 0.15) is 26.7 Å². The fourth-order valence-electron chi connectivity index (χ4n) is 2.73. The molecular formula is C19H17NO4. The van der Waals surface area contributed by atoms with Crippen LogP contribution in [0, 0.1) is 0 Å². The highest BCUT2D eigenvalue weighted by Crippen LogP contribution is 2.35. The zero-order chi connectivity index (χ0) is 17.4. The summed E-state index contributed by atoms with van der Waals surface area (Å²) in [4.78, 5) is 37.8. The Balaban J connectivity index is 1.81. The molecule has 0 fully saturated rings. The summed E-state index contributed by atoms with van der Waals surface area (Å²) in [6.07, 6.45) is 2.99. The van der Waals surface area contributed by atoms with Gasteiger partial charge in [0.2, 0.25) is 0 Å². The average molecular weight is 323 g/mol. The number of benzene rings is 1. The minimum Gasteiger partial charge on any atom is -0.423 e. The maximum atomic E-state index is 12.6. The smallest absolute Gasteiger partial charge is 0.338 e. The van der Waals surface area contributed by atoms with E-state index in [0.29, 0.717) is 41.0 Å². The van der Waals surface area contributed by atoms with Crippen molar-refractivity contribution in [2.45, 2.75) is 26.7 Å². The standard InChI is InChI=1S/C19H17NO4/c1-11(2)19(23)24-14-7-5-13(6-8-14)20-17(21)15-9-4-12(3)10-16(15)18(20)22/h4-8H,1,9-10H2,2-3H3. The molecule has 0 saturated carbocycles. The van der Waals surface area contributed by atoms with E-state index in [1.165, 1.54) is 4.90 Å². The van der Waals surface area contributed by atoms with Crippen molar-refractivity contribution >= 4 is 23.5 Å². The summed E-state index contributed by atoms with van der Waals surface area (Å²) in [5, 5.41) is 0. The Morgan fingerprint density at radius 3 is 2.38 bits per heavy atom. The molecule has 0 aromatic heterocycles. The molecular weight excluding hydrogens is 306 g/mol. The monoisotopic (exact) mass is 323 g/mol. The fraction of sp³-hybridized carbons (Fsp3) is 0.211. The van der Waals surface area contributed by atoms with Gasteiger partial charge in [-0.25, -0.2) is 9.69 Å². The molecule has 1 aliphatic heterocycles. The minimum atomic E-state index is -0.519. The van der Waals surface area contributed by atoms with E-state index in [-0.39, 0.29) is 11.8 Å². The van der Waals surface area contributed by atoms with Crippen molar-refractivity contribution in [3.63, 3.8) is 0 Å². The van der Waals surface area contributed by atoms with Crippen LogP contribution in [-0.2, 0) is 14.4 Å². The number of carbonyl (C=O) groups is 3. The summed E-state index contributed by atoms with van der Waals surface area (Å²) in [5.41, 5.74) is 3.01. The Morgan fingerprint density at radius 2 is 1.75 bits per heavy atom. The van der Waals surface area contributed by atoms with Crippen LogP contribution in [0.4, 0.5) is 5.69 Å². The van der Waals surface area contributed by atoms with Crippen LogP contribution in [0.2, 0.25) is 0 Å². The number of imide groups is 1. The maximum absolute atomic E-state index is 12.6. The minimum absolute atomic E-state index is 0.269. The summed E-state index contributed by atoms with van der Waals surface area (Å²) in [6, 6.07) is 6.29. The number of hydrogen-bond acceptors (Lipinski definition) is 4. The number of anilines is 1. The van der Waals surface area contributed by atoms with Gasteiger partial charge in [-0.2, -0.15) is 0 Å². The number of esters is 1. The van der Waals surface area contributed by atoms with Gasteiger partial charge in [0.25, 0.3) is 11.8 Å². The van der Waals surface area contributed by atoms with Crippen molar-refractivity contribution in [3.05, 3.63) is 59.2 Å². The molecule has 24 heavy (non-hydrogen) atoms. The molecule has 0 unspecified atom stereocenters. The van der Waals surface area contributed by atoms with Crippen LogP contribution in [0.5, 0.6) is 5.75 Å². The van der Waals surface area contributed by atoms with E-state index >= 15 is 0 Å². The third-order valence-corrected chi connectivity index (χ3v) is 4.05. The fourth-order valence-corrected chi connectivity index (χ4v) is 2.73. The Labute approximate surface area is 139 Å². The van der Waals surface area contributed by atoms with Gasteiger partial charge in [0.05, 0.1) is 5.69 Å². The largest absolute Gasteiger partial charge is 0.423 e. The number of carbonyl (C=O) groups excluding carboxylic acids is 3. The topological polar surface area (TPSA) is 63.7 Å². The lowest BCUT2D eigenvalue weighted by Crippen LogP contribution is -2.31. The highest BCUT2D eigenvalue weighted by atomic mass is 16.5. The first-order valence-corrected chi connectivity index (χ1v) is 7.62. The van der Waals surface area contributed by atoms with Gasteiger partial charge in [-0.3, -0.25) is 9.59 Å². The summed E-state index contributed by atoms with van der Waals surface area (Å²) in [5.74, 6) is -0.726. The predicted molar refractivity (Wildman–Crippen MR) is 89.4 cm³/mol. The lowest BCUT2D eigenvalue weighted by molar-refractivity contribution is -0.130. The number of hydrogen-bond donors (Lipinski definition) is 0. The first-order valence-electron chi connectivity index (χ1n) is 7.62. The Bertz CT molecular complexity index is 827. The molecule has 5 heteroatoms. The second kappa shape index (κ2) is 5.92. The van der Waals surface area contributed by atoms with Gasteiger partial charge in [-0.15, -0.1) is 0 Å². The van der Waals surface area contributed by atoms with Crippen LogP contribution in [0.25, 0.3) is 0 Å². The molecule has 122 valence electrons. The van der Waals surface area contributed by atoms with E-state index in [9.17, 15) is 14.4 Å². The Morgan fingerprint density at radius 1 is 1.12 bits per heavy atom. The molecule has 0 bridgehead atoms. The van der Waals surface area contributed by atoms with Crippen LogP contribution in [0.15, 0.2) is 59.2 Å². The van der Waals surface area contributed by atoms with Gasteiger partial charge in [0, 0.05) is 16.7 Å². The van der Waals surface area contributed by atoms with Crippen molar-refractivity contribution in [1.29, 1.82) is 0 Å². The van der Waals surface area contributed by atoms with Crippen LogP contribution in [-0.4, -0.2) is 17.8 Å². The molecule has 0 saturated heterocycles. The molecule has 3 rings (SSSR count). The summed E-state index contributed by atoms with van der Waals surface area (Å²) >= 11 is 0. The molecule has 2 amide bonds. The molecule has 1 aliphatic carbocycles. The summed E-state index contributed by atoms with van der Waals surface area (Å²) in [7, 11) is 0. The van der Waals surface area contributed by atoms with Gasteiger partial charge in [-0.1, -0.05) is 18.2 Å². The average Bonchev–Trinajstić information content (AvgIpc) is 2.79. The number of ether oxygens (including phenoxy) is 1. The zero-order valence-electron chi connectivity index (χ0n) is 13.6. The highest BCUT2D eigenvalue weighted by molar-refractivity contribution is 6.33. The third kappa shape index (κ3) is 2.69. The molecule has 1 heterocycles. The van der Waals surface area contributed by atoms with Crippen molar-refractivity contribution < 1.29 is 19.1 Å². The van der Waals surface area contributed by atoms with Gasteiger partial charge in [0.1, 0.15) is 5.75 Å². The number of amides is 2. The predicted octanol–water partition coefficient (Wildman–Crippen LogP) is 3.08. The highest BCUT2D eigenvalue weighted by Gasteiger charge is 2.39. The second-order valence-corrected chi connectivity index (χ2v) is 6.00. The normalized spacial score (nSPS) is 16.9. The summed E-state index contributed by atoms with van der Waals surface area (Å²) < 4.78 is 5.11. The molecule has 2 aliphatic rings. The Hall–Kier alpha value is -2.95. The maximum Gasteiger partial charge on any atom is 0.338 e. The van der Waals surface area contributed by atoms with E-state index in [2.05, 4.69) is 6.58 Å². The molecule has 5 nitrogen and oxygen atoms in total. The summed E-state index contributed by atoms with van der Waals surface area (Å²) in [6.45, 7) is 7.03. The zero-order valence-corrected chi connectivity index (χ0v) is 13.6. The quantitative estimate of drug-likeness (QED) is 0.282. The SMILES string of the molecule is C=C(C)C(=O)Oc1ccc(N2C(=O)C3=C(CC(C)=CC3)C2=O)cc1. The molecule has 0 atom stereocenters. The molecule has 1 aromatic carbocycles. The van der Waals surface area contributed by atoms with Gasteiger partial charge in [0.15, 0.2) is 0 Å². The second-order valence-electron chi connectivity index (χ2n) is 6.00. The van der Waals surface area contributed by atoms with E-state index in [0.717, 1.165) is 5.57 Å². The van der Waals surface area contributed by atoms with Crippen molar-refractivity contribution in [2.75, 3.05) is 4.90 Å². The van der Waals surface area contributed by atoms with Crippen molar-refractivity contribution in [3.8, 4) is 5.75 Å². The number of nitrogens with zero attached hydrogens (tertiary/aromatic N) is 1. The Kier molecular flexibility index (Phi) is 3.93. The van der Waals surface area contributed by atoms with E-state index in [1.54, 1.807) is 31.2 Å².